The third kappa shape index (κ3) is 4.68. The Morgan fingerprint density at radius 1 is 1.38 bits per heavy atom. The highest BCUT2D eigenvalue weighted by atomic mass is 32.1. The van der Waals surface area contributed by atoms with Crippen molar-refractivity contribution in [3.8, 4) is 5.75 Å². The van der Waals surface area contributed by atoms with E-state index in [1.165, 1.54) is 32.2 Å². The van der Waals surface area contributed by atoms with E-state index in [4.69, 9.17) is 22.7 Å². The molecule has 1 aromatic rings. The summed E-state index contributed by atoms with van der Waals surface area (Å²) in [6.07, 6.45) is 6.36. The first-order valence-electron chi connectivity index (χ1n) is 7.98. The smallest absolute Gasteiger partial charge is 0.129 e. The Labute approximate surface area is 133 Å². The molecule has 21 heavy (non-hydrogen) atoms. The van der Waals surface area contributed by atoms with Gasteiger partial charge in [-0.05, 0) is 44.4 Å². The van der Waals surface area contributed by atoms with Crippen LogP contribution in [0.4, 0.5) is 0 Å². The van der Waals surface area contributed by atoms with Crippen molar-refractivity contribution >= 4 is 17.2 Å². The van der Waals surface area contributed by atoms with Gasteiger partial charge in [-0.2, -0.15) is 0 Å². The Morgan fingerprint density at radius 2 is 2.19 bits per heavy atom. The number of ether oxygens (including phenoxy) is 1. The van der Waals surface area contributed by atoms with E-state index in [-0.39, 0.29) is 0 Å². The van der Waals surface area contributed by atoms with Crippen LogP contribution in [0.3, 0.4) is 0 Å². The predicted octanol–water partition coefficient (Wildman–Crippen LogP) is 3.35. The third-order valence-corrected chi connectivity index (χ3v) is 4.44. The van der Waals surface area contributed by atoms with Crippen LogP contribution in [0.15, 0.2) is 24.3 Å². The van der Waals surface area contributed by atoms with Gasteiger partial charge in [0.15, 0.2) is 0 Å². The minimum Gasteiger partial charge on any atom is -0.493 e. The molecule has 0 aliphatic carbocycles. The molecule has 0 bridgehead atoms. The van der Waals surface area contributed by atoms with Crippen molar-refractivity contribution in [1.29, 1.82) is 0 Å². The lowest BCUT2D eigenvalue weighted by Gasteiger charge is -2.35. The summed E-state index contributed by atoms with van der Waals surface area (Å²) in [5.41, 5.74) is 6.55. The van der Waals surface area contributed by atoms with Gasteiger partial charge in [-0.1, -0.05) is 37.7 Å². The number of rotatable bonds is 7. The molecule has 2 N–H and O–H groups in total. The number of hydrogen-bond donors (Lipinski definition) is 1. The third-order valence-electron chi connectivity index (χ3n) is 4.22. The first kappa shape index (κ1) is 16.2. The molecule has 4 heteroatoms. The fourth-order valence-electron chi connectivity index (χ4n) is 3.06. The fraction of sp³-hybridized carbons (Fsp3) is 0.588. The summed E-state index contributed by atoms with van der Waals surface area (Å²) in [6.45, 7) is 5.36. The van der Waals surface area contributed by atoms with Crippen molar-refractivity contribution in [1.82, 2.24) is 4.90 Å². The first-order chi connectivity index (χ1) is 10.2. The molecule has 0 radical (unpaired) electrons. The number of nitrogens with two attached hydrogens (primary N) is 1. The minimum atomic E-state index is 0.396. The largest absolute Gasteiger partial charge is 0.493 e. The molecule has 1 unspecified atom stereocenters. The summed E-state index contributed by atoms with van der Waals surface area (Å²) in [4.78, 5) is 3.01. The molecule has 0 saturated carbocycles. The van der Waals surface area contributed by atoms with Gasteiger partial charge in [-0.15, -0.1) is 0 Å². The van der Waals surface area contributed by atoms with Gasteiger partial charge in [0.1, 0.15) is 10.7 Å². The van der Waals surface area contributed by atoms with Gasteiger partial charge in [0, 0.05) is 12.6 Å². The molecule has 1 saturated heterocycles. The molecule has 1 heterocycles. The van der Waals surface area contributed by atoms with Crippen LogP contribution in [0.1, 0.15) is 44.6 Å². The molecule has 2 rings (SSSR count). The zero-order valence-electron chi connectivity index (χ0n) is 12.9. The molecule has 0 aromatic heterocycles. The Bertz CT molecular complexity index is 464. The maximum absolute atomic E-state index is 5.86. The van der Waals surface area contributed by atoms with Gasteiger partial charge in [-0.3, -0.25) is 0 Å². The second-order valence-corrected chi connectivity index (χ2v) is 6.10. The fourth-order valence-corrected chi connectivity index (χ4v) is 3.23. The molecule has 1 aliphatic heterocycles. The van der Waals surface area contributed by atoms with Crippen LogP contribution in [0.25, 0.3) is 0 Å². The van der Waals surface area contributed by atoms with E-state index in [2.05, 4.69) is 11.8 Å². The van der Waals surface area contributed by atoms with Crippen LogP contribution in [0.2, 0.25) is 0 Å². The Kier molecular flexibility index (Phi) is 6.46. The van der Waals surface area contributed by atoms with Gasteiger partial charge in [-0.25, -0.2) is 0 Å². The zero-order chi connectivity index (χ0) is 15.1. The highest BCUT2D eigenvalue weighted by Crippen LogP contribution is 2.20. The van der Waals surface area contributed by atoms with Crippen molar-refractivity contribution in [3.63, 3.8) is 0 Å². The van der Waals surface area contributed by atoms with Gasteiger partial charge in [0.2, 0.25) is 0 Å². The number of piperidine rings is 1. The lowest BCUT2D eigenvalue weighted by molar-refractivity contribution is 0.134. The predicted molar refractivity (Wildman–Crippen MR) is 91.9 cm³/mol. The van der Waals surface area contributed by atoms with Crippen LogP contribution < -0.4 is 10.5 Å². The Morgan fingerprint density at radius 3 is 2.95 bits per heavy atom. The number of para-hydroxylation sites is 1. The summed E-state index contributed by atoms with van der Waals surface area (Å²) in [5, 5.41) is 0. The molecule has 3 nitrogen and oxygen atoms in total. The lowest BCUT2D eigenvalue weighted by atomic mass is 10.00. The van der Waals surface area contributed by atoms with E-state index >= 15 is 0 Å². The maximum atomic E-state index is 5.86. The van der Waals surface area contributed by atoms with Gasteiger partial charge in [0.05, 0.1) is 12.2 Å². The van der Waals surface area contributed by atoms with E-state index in [1.807, 2.05) is 24.3 Å². The summed E-state index contributed by atoms with van der Waals surface area (Å²) < 4.78 is 5.86. The highest BCUT2D eigenvalue weighted by molar-refractivity contribution is 7.80. The van der Waals surface area contributed by atoms with E-state index in [0.717, 1.165) is 30.3 Å². The van der Waals surface area contributed by atoms with Crippen LogP contribution >= 0.6 is 12.2 Å². The van der Waals surface area contributed by atoms with E-state index in [1.54, 1.807) is 0 Å². The van der Waals surface area contributed by atoms with E-state index in [9.17, 15) is 0 Å². The maximum Gasteiger partial charge on any atom is 0.129 e. The van der Waals surface area contributed by atoms with Crippen LogP contribution in [-0.2, 0) is 0 Å². The van der Waals surface area contributed by atoms with E-state index in [0.29, 0.717) is 11.6 Å². The molecule has 1 aromatic carbocycles. The van der Waals surface area contributed by atoms with Crippen LogP contribution in [0.5, 0.6) is 5.75 Å². The molecule has 0 spiro atoms. The number of thiocarbonyl (C=S) groups is 1. The van der Waals surface area contributed by atoms with Crippen molar-refractivity contribution in [2.75, 3.05) is 19.7 Å². The van der Waals surface area contributed by atoms with Crippen LogP contribution in [0, 0.1) is 0 Å². The van der Waals surface area contributed by atoms with Crippen molar-refractivity contribution in [3.05, 3.63) is 29.8 Å². The average Bonchev–Trinajstić information content (AvgIpc) is 2.52. The van der Waals surface area contributed by atoms with Crippen LogP contribution in [-0.4, -0.2) is 35.6 Å². The minimum absolute atomic E-state index is 0.396. The van der Waals surface area contributed by atoms with Crippen molar-refractivity contribution < 1.29 is 4.74 Å². The average molecular weight is 306 g/mol. The van der Waals surface area contributed by atoms with Crippen molar-refractivity contribution in [2.24, 2.45) is 5.73 Å². The lowest BCUT2D eigenvalue weighted by Crippen LogP contribution is -2.40. The Balaban J connectivity index is 1.78. The molecule has 1 fully saturated rings. The second-order valence-electron chi connectivity index (χ2n) is 5.66. The monoisotopic (exact) mass is 306 g/mol. The van der Waals surface area contributed by atoms with Gasteiger partial charge in [0.25, 0.3) is 0 Å². The van der Waals surface area contributed by atoms with Crippen molar-refractivity contribution in [2.45, 2.75) is 45.1 Å². The number of hydrogen-bond acceptors (Lipinski definition) is 3. The summed E-state index contributed by atoms with van der Waals surface area (Å²) in [5.74, 6) is 0.802. The van der Waals surface area contributed by atoms with Gasteiger partial charge < -0.3 is 15.4 Å². The topological polar surface area (TPSA) is 38.5 Å². The molecule has 116 valence electrons. The van der Waals surface area contributed by atoms with Gasteiger partial charge >= 0.3 is 0 Å². The summed E-state index contributed by atoms with van der Waals surface area (Å²) in [7, 11) is 0. The van der Waals surface area contributed by atoms with E-state index < -0.39 is 0 Å². The standard InChI is InChI=1S/C17H26N2OS/c1-2-14-8-5-6-11-19(14)12-7-13-20-16-10-4-3-9-15(16)17(18)21/h3-4,9-10,14H,2,5-8,11-13H2,1H3,(H2,18,21). The molecule has 0 amide bonds. The first-order valence-corrected chi connectivity index (χ1v) is 8.39. The quantitative estimate of drug-likeness (QED) is 0.619. The number of benzene rings is 1. The SMILES string of the molecule is CCC1CCCCN1CCCOc1ccccc1C(N)=S. The zero-order valence-corrected chi connectivity index (χ0v) is 13.7. The molecular weight excluding hydrogens is 280 g/mol. The highest BCUT2D eigenvalue weighted by Gasteiger charge is 2.19. The molecule has 1 aliphatic rings. The molecule has 1 atom stereocenters. The summed E-state index contributed by atoms with van der Waals surface area (Å²) >= 11 is 5.05. The summed E-state index contributed by atoms with van der Waals surface area (Å²) in [6, 6.07) is 8.50. The second kappa shape index (κ2) is 8.35. The number of nitrogens with zero attached hydrogens (tertiary/aromatic N) is 1. The Hall–Kier alpha value is -1.13. The normalized spacial score (nSPS) is 19.4. The number of likely N-dealkylation sites (tertiary alicyclic amines) is 1. The molecular formula is C17H26N2OS.